The average Bonchev–Trinajstić information content (AvgIpc) is 3.47. The van der Waals surface area contributed by atoms with Crippen molar-refractivity contribution in [3.05, 3.63) is 85.1 Å². The van der Waals surface area contributed by atoms with Crippen molar-refractivity contribution in [3.63, 3.8) is 0 Å². The molecule has 0 aromatic carbocycles. The molecular weight excluding hydrogens is 1010 g/mol. The third-order valence-corrected chi connectivity index (χ3v) is 15.6. The van der Waals surface area contributed by atoms with E-state index in [4.69, 9.17) is 14.2 Å². The monoisotopic (exact) mass is 1140 g/mol. The van der Waals surface area contributed by atoms with Gasteiger partial charge in [-0.25, -0.2) is 0 Å². The van der Waals surface area contributed by atoms with E-state index in [-0.39, 0.29) is 31.1 Å². The number of allylic oxidation sites excluding steroid dienone is 14. The molecule has 82 heavy (non-hydrogen) atoms. The SMILES string of the molecule is CC/C=C\C/C=C\C/C=C\C/C=C\C/C=C\CCCCCCCCCCCCCCCC(=O)OCC(COC(=O)CCCCCCCC)OC(=O)CCCCCCCCCCCCCCCCCCC/C=C\C/C=C\CCCCCCC. The normalized spacial score (nSPS) is 12.6. The van der Waals surface area contributed by atoms with Crippen LogP contribution in [0.5, 0.6) is 0 Å². The van der Waals surface area contributed by atoms with Crippen LogP contribution in [0.1, 0.15) is 361 Å². The molecule has 0 spiro atoms. The van der Waals surface area contributed by atoms with Crippen molar-refractivity contribution in [1.82, 2.24) is 0 Å². The van der Waals surface area contributed by atoms with Gasteiger partial charge in [-0.2, -0.15) is 0 Å². The van der Waals surface area contributed by atoms with Crippen LogP contribution in [0.4, 0.5) is 0 Å². The Morgan fingerprint density at radius 2 is 0.476 bits per heavy atom. The highest BCUT2D eigenvalue weighted by molar-refractivity contribution is 5.71. The lowest BCUT2D eigenvalue weighted by Crippen LogP contribution is -2.30. The van der Waals surface area contributed by atoms with E-state index >= 15 is 0 Å². The Hall–Kier alpha value is -3.41. The van der Waals surface area contributed by atoms with Gasteiger partial charge in [-0.1, -0.05) is 331 Å². The molecule has 0 aromatic rings. The lowest BCUT2D eigenvalue weighted by Gasteiger charge is -2.18. The van der Waals surface area contributed by atoms with Crippen molar-refractivity contribution in [1.29, 1.82) is 0 Å². The quantitative estimate of drug-likeness (QED) is 0.0261. The fourth-order valence-corrected chi connectivity index (χ4v) is 10.3. The Morgan fingerprint density at radius 1 is 0.256 bits per heavy atom. The zero-order valence-electron chi connectivity index (χ0n) is 54.5. The predicted octanol–water partition coefficient (Wildman–Crippen LogP) is 24.6. The van der Waals surface area contributed by atoms with Gasteiger partial charge < -0.3 is 14.2 Å². The van der Waals surface area contributed by atoms with Gasteiger partial charge in [0.05, 0.1) is 0 Å². The van der Waals surface area contributed by atoms with E-state index in [1.54, 1.807) is 0 Å². The Morgan fingerprint density at radius 3 is 0.744 bits per heavy atom. The first-order valence-corrected chi connectivity index (χ1v) is 35.6. The smallest absolute Gasteiger partial charge is 0.306 e. The van der Waals surface area contributed by atoms with Crippen molar-refractivity contribution in [2.24, 2.45) is 0 Å². The zero-order valence-corrected chi connectivity index (χ0v) is 54.5. The van der Waals surface area contributed by atoms with E-state index in [9.17, 15) is 14.4 Å². The Balaban J connectivity index is 4.01. The molecule has 0 N–H and O–H groups in total. The summed E-state index contributed by atoms with van der Waals surface area (Å²) in [6, 6.07) is 0. The molecule has 0 saturated carbocycles. The van der Waals surface area contributed by atoms with Crippen molar-refractivity contribution in [3.8, 4) is 0 Å². The maximum absolute atomic E-state index is 12.9. The minimum Gasteiger partial charge on any atom is -0.462 e. The second kappa shape index (κ2) is 70.1. The molecule has 0 fully saturated rings. The van der Waals surface area contributed by atoms with Crippen LogP contribution in [-0.4, -0.2) is 37.2 Å². The van der Waals surface area contributed by atoms with Crippen LogP contribution in [-0.2, 0) is 28.6 Å². The van der Waals surface area contributed by atoms with Gasteiger partial charge in [0.1, 0.15) is 13.2 Å². The number of rotatable bonds is 65. The van der Waals surface area contributed by atoms with Crippen LogP contribution in [0.2, 0.25) is 0 Å². The van der Waals surface area contributed by atoms with Crippen LogP contribution in [0, 0.1) is 0 Å². The molecule has 0 aliphatic carbocycles. The number of esters is 3. The molecular formula is C76H134O6. The van der Waals surface area contributed by atoms with Crippen molar-refractivity contribution in [2.75, 3.05) is 13.2 Å². The molecule has 6 nitrogen and oxygen atoms in total. The highest BCUT2D eigenvalue weighted by atomic mass is 16.6. The van der Waals surface area contributed by atoms with Gasteiger partial charge in [0.2, 0.25) is 0 Å². The highest BCUT2D eigenvalue weighted by Crippen LogP contribution is 2.18. The van der Waals surface area contributed by atoms with Crippen LogP contribution in [0.3, 0.4) is 0 Å². The minimum atomic E-state index is -0.773. The van der Waals surface area contributed by atoms with Gasteiger partial charge in [-0.3, -0.25) is 14.4 Å². The van der Waals surface area contributed by atoms with Crippen molar-refractivity contribution >= 4 is 17.9 Å². The number of carbonyl (C=O) groups is 3. The molecule has 0 aromatic heterocycles. The van der Waals surface area contributed by atoms with Gasteiger partial charge in [0, 0.05) is 19.3 Å². The minimum absolute atomic E-state index is 0.0727. The molecule has 6 heteroatoms. The summed E-state index contributed by atoms with van der Waals surface area (Å²) in [5, 5.41) is 0. The number of unbranched alkanes of at least 4 members (excludes halogenated alkanes) is 40. The molecule has 1 atom stereocenters. The summed E-state index contributed by atoms with van der Waals surface area (Å²) in [5.74, 6) is -0.866. The van der Waals surface area contributed by atoms with Gasteiger partial charge in [0.15, 0.2) is 6.10 Å². The van der Waals surface area contributed by atoms with Gasteiger partial charge >= 0.3 is 17.9 Å². The Bertz CT molecular complexity index is 1550. The predicted molar refractivity (Wildman–Crippen MR) is 358 cm³/mol. The highest BCUT2D eigenvalue weighted by Gasteiger charge is 2.19. The number of hydrogen-bond donors (Lipinski definition) is 0. The maximum atomic E-state index is 12.9. The van der Waals surface area contributed by atoms with E-state index in [1.165, 1.54) is 225 Å². The van der Waals surface area contributed by atoms with E-state index in [1.807, 2.05) is 0 Å². The molecule has 0 amide bonds. The maximum Gasteiger partial charge on any atom is 0.306 e. The number of carbonyl (C=O) groups excluding carboxylic acids is 3. The molecule has 1 unspecified atom stereocenters. The first kappa shape index (κ1) is 78.6. The third kappa shape index (κ3) is 67.4. The Kier molecular flexibility index (Phi) is 67.2. The van der Waals surface area contributed by atoms with Crippen LogP contribution in [0.15, 0.2) is 85.1 Å². The average molecular weight is 1140 g/mol. The largest absolute Gasteiger partial charge is 0.462 e. The Labute approximate surface area is 509 Å². The summed E-state index contributed by atoms with van der Waals surface area (Å²) in [6.45, 7) is 6.50. The number of hydrogen-bond acceptors (Lipinski definition) is 6. The molecule has 0 radical (unpaired) electrons. The fourth-order valence-electron chi connectivity index (χ4n) is 10.3. The lowest BCUT2D eigenvalue weighted by molar-refractivity contribution is -0.167. The fraction of sp³-hybridized carbons (Fsp3) is 0.776. The first-order valence-electron chi connectivity index (χ1n) is 35.6. The number of ether oxygens (including phenoxy) is 3. The molecule has 0 aliphatic rings. The molecule has 0 aliphatic heterocycles. The van der Waals surface area contributed by atoms with Gasteiger partial charge in [-0.15, -0.1) is 0 Å². The molecule has 0 bridgehead atoms. The molecule has 0 heterocycles. The van der Waals surface area contributed by atoms with Gasteiger partial charge in [-0.05, 0) is 96.3 Å². The second-order valence-corrected chi connectivity index (χ2v) is 23.8. The van der Waals surface area contributed by atoms with Crippen molar-refractivity contribution in [2.45, 2.75) is 367 Å². The standard InChI is InChI=1S/C76H134O6/c1-4-7-10-13-16-18-20-22-24-26-28-30-32-34-36-38-40-42-44-46-48-50-52-54-56-58-60-63-66-69-75(78)81-72-73(71-80-74(77)68-65-62-15-12-9-6-3)82-76(79)70-67-64-61-59-57-55-53-51-49-47-45-43-41-39-37-35-33-31-29-27-25-23-21-19-17-14-11-8-5-2/h7,10,16,18,21-24,27-30,34,36,73H,4-6,8-9,11-15,17,19-20,25-26,31-33,35,37-72H2,1-3H3/b10-7-,18-16-,23-21-,24-22-,29-27-,30-28-,36-34-. The summed E-state index contributed by atoms with van der Waals surface area (Å²) in [4.78, 5) is 38.1. The van der Waals surface area contributed by atoms with Crippen LogP contribution in [0.25, 0.3) is 0 Å². The summed E-state index contributed by atoms with van der Waals surface area (Å²) >= 11 is 0. The first-order chi connectivity index (χ1) is 40.5. The summed E-state index contributed by atoms with van der Waals surface area (Å²) < 4.78 is 16.9. The summed E-state index contributed by atoms with van der Waals surface area (Å²) in [6.07, 6.45) is 93.7. The molecule has 0 rings (SSSR count). The molecule has 0 saturated heterocycles. The topological polar surface area (TPSA) is 78.9 Å². The third-order valence-electron chi connectivity index (χ3n) is 15.6. The second-order valence-electron chi connectivity index (χ2n) is 23.8. The lowest BCUT2D eigenvalue weighted by atomic mass is 10.0. The van der Waals surface area contributed by atoms with Gasteiger partial charge in [0.25, 0.3) is 0 Å². The van der Waals surface area contributed by atoms with E-state index in [0.29, 0.717) is 19.3 Å². The van der Waals surface area contributed by atoms with Crippen molar-refractivity contribution < 1.29 is 28.6 Å². The van der Waals surface area contributed by atoms with E-state index in [2.05, 4.69) is 106 Å². The van der Waals surface area contributed by atoms with Crippen LogP contribution >= 0.6 is 0 Å². The van der Waals surface area contributed by atoms with E-state index < -0.39 is 6.10 Å². The van der Waals surface area contributed by atoms with Crippen LogP contribution < -0.4 is 0 Å². The molecule has 474 valence electrons. The summed E-state index contributed by atoms with van der Waals surface area (Å²) in [5.41, 5.74) is 0. The van der Waals surface area contributed by atoms with E-state index in [0.717, 1.165) is 96.3 Å². The summed E-state index contributed by atoms with van der Waals surface area (Å²) in [7, 11) is 0. The zero-order chi connectivity index (χ0) is 59.2.